The van der Waals surface area contributed by atoms with Gasteiger partial charge in [-0.05, 0) is 39.0 Å². The van der Waals surface area contributed by atoms with E-state index in [1.165, 1.54) is 6.92 Å². The van der Waals surface area contributed by atoms with E-state index in [1.54, 1.807) is 0 Å². The molecule has 1 fully saturated rings. The van der Waals surface area contributed by atoms with E-state index in [0.29, 0.717) is 5.92 Å². The zero-order valence-corrected chi connectivity index (χ0v) is 9.95. The zero-order chi connectivity index (χ0) is 12.3. The molecule has 2 unspecified atom stereocenters. The molecule has 1 aliphatic rings. The molecule has 4 nitrogen and oxygen atoms in total. The third-order valence-electron chi connectivity index (χ3n) is 3.34. The number of carbonyl (C=O) groups is 2. The molecule has 16 heavy (non-hydrogen) atoms. The van der Waals surface area contributed by atoms with Crippen molar-refractivity contribution in [3.63, 3.8) is 0 Å². The Kier molecular flexibility index (Phi) is 3.73. The Hall–Kier alpha value is -1.32. The van der Waals surface area contributed by atoms with Crippen LogP contribution in [0.5, 0.6) is 0 Å². The molecule has 0 heterocycles. The summed E-state index contributed by atoms with van der Waals surface area (Å²) in [6.45, 7) is 5.42. The lowest BCUT2D eigenvalue weighted by atomic mass is 9.94. The van der Waals surface area contributed by atoms with Crippen LogP contribution in [-0.2, 0) is 14.3 Å². The maximum Gasteiger partial charge on any atom is 0.334 e. The molecule has 0 amide bonds. The molecule has 1 saturated carbocycles. The van der Waals surface area contributed by atoms with Crippen molar-refractivity contribution in [2.75, 3.05) is 0 Å². The fourth-order valence-electron chi connectivity index (χ4n) is 2.00. The van der Waals surface area contributed by atoms with Crippen LogP contribution >= 0.6 is 0 Å². The van der Waals surface area contributed by atoms with E-state index >= 15 is 0 Å². The molecule has 0 bridgehead atoms. The third-order valence-corrected chi connectivity index (χ3v) is 3.34. The Bertz CT molecular complexity index is 332. The number of carboxylic acids is 1. The van der Waals surface area contributed by atoms with E-state index in [9.17, 15) is 9.59 Å². The summed E-state index contributed by atoms with van der Waals surface area (Å²) in [5.74, 6) is -1.33. The molecule has 4 heteroatoms. The first-order valence-electron chi connectivity index (χ1n) is 5.50. The molecule has 2 atom stereocenters. The van der Waals surface area contributed by atoms with Crippen molar-refractivity contribution in [3.05, 3.63) is 11.6 Å². The quantitative estimate of drug-likeness (QED) is 0.591. The topological polar surface area (TPSA) is 63.6 Å². The molecule has 0 aromatic heterocycles. The Labute approximate surface area is 95.3 Å². The van der Waals surface area contributed by atoms with Gasteiger partial charge in [-0.3, -0.25) is 0 Å². The second-order valence-corrected chi connectivity index (χ2v) is 4.66. The van der Waals surface area contributed by atoms with E-state index in [1.807, 2.05) is 6.92 Å². The van der Waals surface area contributed by atoms with Crippen molar-refractivity contribution in [2.45, 2.75) is 45.6 Å². The number of hydrogen-bond acceptors (Lipinski definition) is 3. The average molecular weight is 226 g/mol. The van der Waals surface area contributed by atoms with Gasteiger partial charge in [0, 0.05) is 11.6 Å². The average Bonchev–Trinajstić information content (AvgIpc) is 2.45. The second-order valence-electron chi connectivity index (χ2n) is 4.66. The minimum atomic E-state index is -1.13. The summed E-state index contributed by atoms with van der Waals surface area (Å²) in [6.07, 6.45) is 3.82. The Balaban J connectivity index is 2.67. The van der Waals surface area contributed by atoms with Gasteiger partial charge in [-0.2, -0.15) is 0 Å². The summed E-state index contributed by atoms with van der Waals surface area (Å²) in [4.78, 5) is 22.0. The van der Waals surface area contributed by atoms with Crippen LogP contribution in [0.4, 0.5) is 0 Å². The van der Waals surface area contributed by atoms with Crippen molar-refractivity contribution in [2.24, 2.45) is 5.92 Å². The van der Waals surface area contributed by atoms with Crippen LogP contribution in [0.25, 0.3) is 0 Å². The smallest absolute Gasteiger partial charge is 0.334 e. The first kappa shape index (κ1) is 12.7. The van der Waals surface area contributed by atoms with Crippen LogP contribution < -0.4 is 0 Å². The van der Waals surface area contributed by atoms with Gasteiger partial charge in [0.05, 0.1) is 0 Å². The number of carboxylic acid groups (broad SMARTS) is 1. The fourth-order valence-corrected chi connectivity index (χ4v) is 2.00. The summed E-state index contributed by atoms with van der Waals surface area (Å²) in [5.41, 5.74) is -0.308. The summed E-state index contributed by atoms with van der Waals surface area (Å²) >= 11 is 0. The molecule has 0 aromatic rings. The SMILES string of the molecule is C/C(=C/C(=O)O)C(=O)OC1(C)CCCC1C. The lowest BCUT2D eigenvalue weighted by molar-refractivity contribution is -0.156. The highest BCUT2D eigenvalue weighted by Gasteiger charge is 2.39. The van der Waals surface area contributed by atoms with Gasteiger partial charge in [0.2, 0.25) is 0 Å². The van der Waals surface area contributed by atoms with Crippen LogP contribution in [0.1, 0.15) is 40.0 Å². The minimum Gasteiger partial charge on any atom is -0.478 e. The third kappa shape index (κ3) is 2.84. The van der Waals surface area contributed by atoms with Gasteiger partial charge in [0.15, 0.2) is 0 Å². The predicted molar refractivity (Wildman–Crippen MR) is 58.9 cm³/mol. The second kappa shape index (κ2) is 4.68. The largest absolute Gasteiger partial charge is 0.478 e. The number of carbonyl (C=O) groups excluding carboxylic acids is 1. The molecule has 90 valence electrons. The Morgan fingerprint density at radius 2 is 2.12 bits per heavy atom. The lowest BCUT2D eigenvalue weighted by Crippen LogP contribution is -2.34. The molecule has 0 aromatic carbocycles. The summed E-state index contributed by atoms with van der Waals surface area (Å²) < 4.78 is 5.40. The van der Waals surface area contributed by atoms with Crippen molar-refractivity contribution >= 4 is 11.9 Å². The van der Waals surface area contributed by atoms with Crippen molar-refractivity contribution < 1.29 is 19.4 Å². The molecule has 0 aliphatic heterocycles. The molecule has 0 radical (unpaired) electrons. The van der Waals surface area contributed by atoms with Gasteiger partial charge in [0.25, 0.3) is 0 Å². The van der Waals surface area contributed by atoms with E-state index in [2.05, 4.69) is 6.92 Å². The fraction of sp³-hybridized carbons (Fsp3) is 0.667. The minimum absolute atomic E-state index is 0.132. The van der Waals surface area contributed by atoms with Crippen LogP contribution in [0.15, 0.2) is 11.6 Å². The first-order valence-corrected chi connectivity index (χ1v) is 5.50. The van der Waals surface area contributed by atoms with Crippen molar-refractivity contribution in [3.8, 4) is 0 Å². The number of aliphatic carboxylic acids is 1. The molecule has 1 N–H and O–H groups in total. The number of rotatable bonds is 3. The van der Waals surface area contributed by atoms with Gasteiger partial charge in [-0.1, -0.05) is 6.92 Å². The highest BCUT2D eigenvalue weighted by atomic mass is 16.6. The summed E-state index contributed by atoms with van der Waals surface area (Å²) in [5, 5.41) is 8.53. The Morgan fingerprint density at radius 1 is 1.50 bits per heavy atom. The molecular formula is C12H18O4. The normalized spacial score (nSPS) is 30.2. The van der Waals surface area contributed by atoms with Gasteiger partial charge < -0.3 is 9.84 Å². The standard InChI is InChI=1S/C12H18O4/c1-8(7-10(13)14)11(15)16-12(3)6-4-5-9(12)2/h7,9H,4-6H2,1-3H3,(H,13,14)/b8-7-. The number of ether oxygens (including phenoxy) is 1. The van der Waals surface area contributed by atoms with E-state index < -0.39 is 17.5 Å². The first-order chi connectivity index (χ1) is 7.35. The highest BCUT2D eigenvalue weighted by Crippen LogP contribution is 2.38. The maximum atomic E-state index is 11.6. The van der Waals surface area contributed by atoms with E-state index in [0.717, 1.165) is 25.3 Å². The van der Waals surface area contributed by atoms with Crippen molar-refractivity contribution in [1.82, 2.24) is 0 Å². The molecule has 1 aliphatic carbocycles. The zero-order valence-electron chi connectivity index (χ0n) is 9.95. The molecule has 0 saturated heterocycles. The van der Waals surface area contributed by atoms with E-state index in [4.69, 9.17) is 9.84 Å². The molecular weight excluding hydrogens is 208 g/mol. The summed E-state index contributed by atoms with van der Waals surface area (Å²) in [6, 6.07) is 0. The van der Waals surface area contributed by atoms with Gasteiger partial charge in [0.1, 0.15) is 5.60 Å². The number of esters is 1. The van der Waals surface area contributed by atoms with Crippen LogP contribution in [0.2, 0.25) is 0 Å². The van der Waals surface area contributed by atoms with Gasteiger partial charge >= 0.3 is 11.9 Å². The van der Waals surface area contributed by atoms with Crippen LogP contribution in [-0.4, -0.2) is 22.6 Å². The van der Waals surface area contributed by atoms with E-state index in [-0.39, 0.29) is 5.57 Å². The highest BCUT2D eigenvalue weighted by molar-refractivity contribution is 5.95. The lowest BCUT2D eigenvalue weighted by Gasteiger charge is -2.29. The van der Waals surface area contributed by atoms with Gasteiger partial charge in [-0.15, -0.1) is 0 Å². The van der Waals surface area contributed by atoms with Gasteiger partial charge in [-0.25, -0.2) is 9.59 Å². The predicted octanol–water partition coefficient (Wildman–Crippen LogP) is 2.14. The molecule has 1 rings (SSSR count). The number of hydrogen-bond donors (Lipinski definition) is 1. The Morgan fingerprint density at radius 3 is 2.56 bits per heavy atom. The monoisotopic (exact) mass is 226 g/mol. The summed E-state index contributed by atoms with van der Waals surface area (Å²) in [7, 11) is 0. The molecule has 0 spiro atoms. The van der Waals surface area contributed by atoms with Crippen LogP contribution in [0, 0.1) is 5.92 Å². The maximum absolute atomic E-state index is 11.6. The van der Waals surface area contributed by atoms with Crippen LogP contribution in [0.3, 0.4) is 0 Å². The van der Waals surface area contributed by atoms with Crippen molar-refractivity contribution in [1.29, 1.82) is 0 Å².